The molecule has 1 aromatic carbocycles. The van der Waals surface area contributed by atoms with Crippen molar-refractivity contribution in [3.05, 3.63) is 29.3 Å². The number of nitrogens with one attached hydrogen (secondary N) is 2. The molecule has 3 rings (SSSR count). The zero-order valence-corrected chi connectivity index (χ0v) is 17.7. The molecule has 2 fully saturated rings. The maximum absolute atomic E-state index is 6.11. The zero-order valence-electron chi connectivity index (χ0n) is 17.7. The Morgan fingerprint density at radius 2 is 2.18 bits per heavy atom. The molecule has 0 bridgehead atoms. The number of benzene rings is 1. The minimum absolute atomic E-state index is 0.226. The van der Waals surface area contributed by atoms with Crippen LogP contribution in [0.5, 0.6) is 5.75 Å². The van der Waals surface area contributed by atoms with Gasteiger partial charge in [0.15, 0.2) is 5.96 Å². The van der Waals surface area contributed by atoms with E-state index in [2.05, 4.69) is 52.6 Å². The lowest BCUT2D eigenvalue weighted by molar-refractivity contribution is 0.0676. The molecule has 2 aliphatic heterocycles. The molecule has 0 amide bonds. The molecule has 6 heteroatoms. The molecule has 2 heterocycles. The lowest BCUT2D eigenvalue weighted by Crippen LogP contribution is -2.44. The number of likely N-dealkylation sites (tertiary alicyclic amines) is 1. The van der Waals surface area contributed by atoms with Gasteiger partial charge in [0, 0.05) is 38.3 Å². The molecule has 2 saturated heterocycles. The van der Waals surface area contributed by atoms with Crippen LogP contribution in [0.2, 0.25) is 0 Å². The highest BCUT2D eigenvalue weighted by atomic mass is 16.5. The fraction of sp³-hybridized carbons (Fsp3) is 0.682. The average molecular weight is 389 g/mol. The first-order chi connectivity index (χ1) is 13.7. The summed E-state index contributed by atoms with van der Waals surface area (Å²) < 4.78 is 11.8. The van der Waals surface area contributed by atoms with Crippen molar-refractivity contribution in [1.29, 1.82) is 0 Å². The number of aryl methyl sites for hydroxylation is 1. The third-order valence-electron chi connectivity index (χ3n) is 5.75. The summed E-state index contributed by atoms with van der Waals surface area (Å²) in [7, 11) is 1.82. The first-order valence-electron chi connectivity index (χ1n) is 10.7. The molecule has 0 spiro atoms. The van der Waals surface area contributed by atoms with Crippen LogP contribution in [0.1, 0.15) is 43.7 Å². The van der Waals surface area contributed by atoms with Crippen LogP contribution in [0.15, 0.2) is 23.2 Å². The van der Waals surface area contributed by atoms with Crippen molar-refractivity contribution in [1.82, 2.24) is 15.5 Å². The topological polar surface area (TPSA) is 58.1 Å². The molecule has 0 radical (unpaired) electrons. The summed E-state index contributed by atoms with van der Waals surface area (Å²) in [5.41, 5.74) is 2.34. The fourth-order valence-corrected chi connectivity index (χ4v) is 4.06. The third kappa shape index (κ3) is 5.85. The Morgan fingerprint density at radius 1 is 1.29 bits per heavy atom. The van der Waals surface area contributed by atoms with Gasteiger partial charge in [-0.1, -0.05) is 19.1 Å². The van der Waals surface area contributed by atoms with E-state index < -0.39 is 0 Å². The minimum atomic E-state index is 0.226. The molecule has 28 heavy (non-hydrogen) atoms. The first kappa shape index (κ1) is 20.9. The molecule has 6 nitrogen and oxygen atoms in total. The van der Waals surface area contributed by atoms with Gasteiger partial charge in [0.05, 0.1) is 6.10 Å². The maximum atomic E-state index is 6.11. The Hall–Kier alpha value is -1.79. The first-order valence-corrected chi connectivity index (χ1v) is 10.7. The molecule has 0 aromatic heterocycles. The molecule has 0 aliphatic carbocycles. The van der Waals surface area contributed by atoms with Crippen molar-refractivity contribution in [2.45, 2.75) is 58.2 Å². The third-order valence-corrected chi connectivity index (χ3v) is 5.75. The summed E-state index contributed by atoms with van der Waals surface area (Å²) in [6, 6.07) is 6.98. The smallest absolute Gasteiger partial charge is 0.191 e. The Labute approximate surface area is 169 Å². The lowest BCUT2D eigenvalue weighted by Gasteiger charge is -2.24. The van der Waals surface area contributed by atoms with E-state index in [-0.39, 0.29) is 6.10 Å². The highest BCUT2D eigenvalue weighted by molar-refractivity contribution is 5.79. The largest absolute Gasteiger partial charge is 0.491 e. The second-order valence-corrected chi connectivity index (χ2v) is 7.79. The minimum Gasteiger partial charge on any atom is -0.491 e. The SMILES string of the molecule is CCN1CCCC1CNC(=NC)NCc1ccc(C)cc1OCC1CCCO1. The van der Waals surface area contributed by atoms with E-state index in [1.165, 1.54) is 24.9 Å². The number of guanidine groups is 1. The number of hydrogen-bond donors (Lipinski definition) is 2. The van der Waals surface area contributed by atoms with E-state index in [0.29, 0.717) is 19.2 Å². The lowest BCUT2D eigenvalue weighted by atomic mass is 10.1. The molecule has 156 valence electrons. The van der Waals surface area contributed by atoms with Gasteiger partial charge in [0.2, 0.25) is 0 Å². The van der Waals surface area contributed by atoms with Crippen LogP contribution in [-0.4, -0.2) is 62.9 Å². The van der Waals surface area contributed by atoms with E-state index in [1.807, 2.05) is 7.05 Å². The monoisotopic (exact) mass is 388 g/mol. The van der Waals surface area contributed by atoms with Gasteiger partial charge in [-0.15, -0.1) is 0 Å². The number of nitrogens with zero attached hydrogens (tertiary/aromatic N) is 2. The number of aliphatic imine (C=N–C) groups is 1. The van der Waals surface area contributed by atoms with Gasteiger partial charge in [-0.05, 0) is 57.3 Å². The van der Waals surface area contributed by atoms with Crippen LogP contribution in [-0.2, 0) is 11.3 Å². The summed E-state index contributed by atoms with van der Waals surface area (Å²) in [5, 5.41) is 6.93. The average Bonchev–Trinajstić information content (AvgIpc) is 3.39. The van der Waals surface area contributed by atoms with Crippen molar-refractivity contribution in [2.24, 2.45) is 4.99 Å². The summed E-state index contributed by atoms with van der Waals surface area (Å²) >= 11 is 0. The van der Waals surface area contributed by atoms with Crippen LogP contribution in [0.25, 0.3) is 0 Å². The second kappa shape index (κ2) is 10.7. The van der Waals surface area contributed by atoms with Crippen molar-refractivity contribution >= 4 is 5.96 Å². The van der Waals surface area contributed by atoms with Gasteiger partial charge in [0.25, 0.3) is 0 Å². The van der Waals surface area contributed by atoms with Gasteiger partial charge in [0.1, 0.15) is 12.4 Å². The Kier molecular flexibility index (Phi) is 7.98. The van der Waals surface area contributed by atoms with Crippen molar-refractivity contribution in [3.8, 4) is 5.75 Å². The molecular weight excluding hydrogens is 352 g/mol. The normalized spacial score (nSPS) is 23.2. The van der Waals surface area contributed by atoms with Gasteiger partial charge in [-0.25, -0.2) is 0 Å². The Bertz CT molecular complexity index is 643. The fourth-order valence-electron chi connectivity index (χ4n) is 4.06. The molecule has 2 unspecified atom stereocenters. The van der Waals surface area contributed by atoms with Crippen LogP contribution < -0.4 is 15.4 Å². The zero-order chi connectivity index (χ0) is 19.8. The highest BCUT2D eigenvalue weighted by Crippen LogP contribution is 2.22. The van der Waals surface area contributed by atoms with Crippen LogP contribution in [0.4, 0.5) is 0 Å². The molecule has 0 saturated carbocycles. The number of rotatable bonds is 8. The van der Waals surface area contributed by atoms with Crippen LogP contribution in [0, 0.1) is 6.92 Å². The highest BCUT2D eigenvalue weighted by Gasteiger charge is 2.22. The summed E-state index contributed by atoms with van der Waals surface area (Å²) in [4.78, 5) is 6.93. The van der Waals surface area contributed by atoms with E-state index in [9.17, 15) is 0 Å². The standard InChI is InChI=1S/C22H36N4O2/c1-4-26-11-5-7-19(26)15-25-22(23-3)24-14-18-10-9-17(2)13-21(18)28-16-20-8-6-12-27-20/h9-10,13,19-20H,4-8,11-12,14-16H2,1-3H3,(H2,23,24,25). The van der Waals surface area contributed by atoms with E-state index in [1.54, 1.807) is 0 Å². The van der Waals surface area contributed by atoms with Crippen molar-refractivity contribution in [3.63, 3.8) is 0 Å². The van der Waals surface area contributed by atoms with Crippen LogP contribution in [0.3, 0.4) is 0 Å². The number of ether oxygens (including phenoxy) is 2. The molecule has 2 N–H and O–H groups in total. The van der Waals surface area contributed by atoms with Gasteiger partial charge in [-0.3, -0.25) is 9.89 Å². The van der Waals surface area contributed by atoms with E-state index in [0.717, 1.165) is 49.8 Å². The summed E-state index contributed by atoms with van der Waals surface area (Å²) in [5.74, 6) is 1.78. The predicted molar refractivity (Wildman–Crippen MR) is 114 cm³/mol. The predicted octanol–water partition coefficient (Wildman–Crippen LogP) is 2.70. The Morgan fingerprint density at radius 3 is 2.93 bits per heavy atom. The molecule has 2 atom stereocenters. The van der Waals surface area contributed by atoms with Crippen molar-refractivity contribution in [2.75, 3.05) is 39.9 Å². The maximum Gasteiger partial charge on any atom is 0.191 e. The summed E-state index contributed by atoms with van der Waals surface area (Å²) in [6.07, 6.45) is 5.00. The summed E-state index contributed by atoms with van der Waals surface area (Å²) in [6.45, 7) is 9.76. The number of likely N-dealkylation sites (N-methyl/N-ethyl adjacent to an activating group) is 1. The molecule has 1 aromatic rings. The van der Waals surface area contributed by atoms with E-state index >= 15 is 0 Å². The van der Waals surface area contributed by atoms with Crippen molar-refractivity contribution < 1.29 is 9.47 Å². The van der Waals surface area contributed by atoms with Crippen LogP contribution >= 0.6 is 0 Å². The Balaban J connectivity index is 1.51. The quantitative estimate of drug-likeness (QED) is 0.530. The van der Waals surface area contributed by atoms with E-state index in [4.69, 9.17) is 9.47 Å². The van der Waals surface area contributed by atoms with Gasteiger partial charge in [-0.2, -0.15) is 0 Å². The second-order valence-electron chi connectivity index (χ2n) is 7.79. The molecular formula is C22H36N4O2. The van der Waals surface area contributed by atoms with Gasteiger partial charge < -0.3 is 20.1 Å². The van der Waals surface area contributed by atoms with Gasteiger partial charge >= 0.3 is 0 Å². The number of hydrogen-bond acceptors (Lipinski definition) is 4. The molecule has 2 aliphatic rings.